The van der Waals surface area contributed by atoms with E-state index in [1.54, 1.807) is 14.0 Å². The number of ether oxygens (including phenoxy) is 1. The molecule has 1 saturated carbocycles. The highest BCUT2D eigenvalue weighted by Crippen LogP contribution is 2.31. The summed E-state index contributed by atoms with van der Waals surface area (Å²) in [5.74, 6) is -0.239. The summed E-state index contributed by atoms with van der Waals surface area (Å²) in [6.07, 6.45) is 5.74. The predicted molar refractivity (Wildman–Crippen MR) is 132 cm³/mol. The van der Waals surface area contributed by atoms with E-state index < -0.39 is 15.9 Å². The van der Waals surface area contributed by atoms with Crippen molar-refractivity contribution in [3.8, 4) is 17.1 Å². The summed E-state index contributed by atoms with van der Waals surface area (Å²) in [6, 6.07) is 4.27. The van der Waals surface area contributed by atoms with Gasteiger partial charge in [-0.05, 0) is 44.4 Å². The number of carbonyl (C=O) groups excluding carboxylic acids is 1. The number of nitrogens with zero attached hydrogens (tertiary/aromatic N) is 3. The van der Waals surface area contributed by atoms with Gasteiger partial charge in [-0.2, -0.15) is 5.10 Å². The maximum atomic E-state index is 13.1. The zero-order chi connectivity index (χ0) is 25.2. The SMILES string of the molecule is CCCc1nn(C)c2c(=O)[nH]c(-c3cc(S(=O)(=O)NC(=O)C4CCCCC4)ccc3OCC)nc12. The molecule has 3 aromatic rings. The molecule has 10 nitrogen and oxygen atoms in total. The number of carbonyl (C=O) groups is 1. The Labute approximate surface area is 204 Å². The highest BCUT2D eigenvalue weighted by molar-refractivity contribution is 7.90. The Kier molecular flexibility index (Phi) is 7.25. The monoisotopic (exact) mass is 501 g/mol. The third-order valence-electron chi connectivity index (χ3n) is 6.28. The Bertz CT molecular complexity index is 1400. The molecule has 2 aromatic heterocycles. The quantitative estimate of drug-likeness (QED) is 0.484. The number of aryl methyl sites for hydroxylation is 2. The number of H-pyrrole nitrogens is 1. The molecule has 0 radical (unpaired) electrons. The number of amides is 1. The molecule has 188 valence electrons. The molecule has 0 bridgehead atoms. The minimum absolute atomic E-state index is 0.108. The molecule has 1 aromatic carbocycles. The smallest absolute Gasteiger partial charge is 0.277 e. The van der Waals surface area contributed by atoms with E-state index >= 15 is 0 Å². The average molecular weight is 502 g/mol. The summed E-state index contributed by atoms with van der Waals surface area (Å²) in [5.41, 5.74) is 1.43. The summed E-state index contributed by atoms with van der Waals surface area (Å²) in [5, 5.41) is 4.43. The van der Waals surface area contributed by atoms with Gasteiger partial charge in [0.25, 0.3) is 15.6 Å². The van der Waals surface area contributed by atoms with Gasteiger partial charge in [0.05, 0.1) is 22.8 Å². The van der Waals surface area contributed by atoms with Gasteiger partial charge in [0.1, 0.15) is 17.1 Å². The van der Waals surface area contributed by atoms with E-state index in [1.807, 2.05) is 6.92 Å². The fraction of sp³-hybridized carbons (Fsp3) is 0.500. The van der Waals surface area contributed by atoms with Crippen LogP contribution in [-0.2, 0) is 28.3 Å². The molecule has 1 aliphatic rings. The molecular weight excluding hydrogens is 470 g/mol. The summed E-state index contributed by atoms with van der Waals surface area (Å²) in [6.45, 7) is 4.15. The normalized spacial score (nSPS) is 14.8. The molecule has 0 atom stereocenters. The highest BCUT2D eigenvalue weighted by Gasteiger charge is 2.27. The van der Waals surface area contributed by atoms with Gasteiger partial charge >= 0.3 is 0 Å². The van der Waals surface area contributed by atoms with E-state index in [4.69, 9.17) is 4.74 Å². The summed E-state index contributed by atoms with van der Waals surface area (Å²) >= 11 is 0. The largest absolute Gasteiger partial charge is 0.493 e. The summed E-state index contributed by atoms with van der Waals surface area (Å²) < 4.78 is 35.6. The number of aromatic nitrogens is 4. The fourth-order valence-electron chi connectivity index (χ4n) is 4.56. The van der Waals surface area contributed by atoms with Crippen LogP contribution in [0.15, 0.2) is 27.9 Å². The lowest BCUT2D eigenvalue weighted by Crippen LogP contribution is -2.36. The van der Waals surface area contributed by atoms with Crippen LogP contribution >= 0.6 is 0 Å². The van der Waals surface area contributed by atoms with E-state index in [0.29, 0.717) is 53.9 Å². The second-order valence-corrected chi connectivity index (χ2v) is 10.5. The van der Waals surface area contributed by atoms with Gasteiger partial charge in [-0.25, -0.2) is 18.1 Å². The van der Waals surface area contributed by atoms with E-state index in [9.17, 15) is 18.0 Å². The molecule has 0 saturated heterocycles. The van der Waals surface area contributed by atoms with Crippen molar-refractivity contribution in [2.24, 2.45) is 13.0 Å². The van der Waals surface area contributed by atoms with Crippen molar-refractivity contribution in [1.82, 2.24) is 24.5 Å². The van der Waals surface area contributed by atoms with Crippen molar-refractivity contribution in [1.29, 1.82) is 0 Å². The zero-order valence-electron chi connectivity index (χ0n) is 20.3. The molecule has 0 aliphatic heterocycles. The van der Waals surface area contributed by atoms with Crippen LogP contribution in [0.2, 0.25) is 0 Å². The second kappa shape index (κ2) is 10.2. The maximum Gasteiger partial charge on any atom is 0.277 e. The Morgan fingerprint density at radius 1 is 1.23 bits per heavy atom. The average Bonchev–Trinajstić information content (AvgIpc) is 3.15. The molecule has 4 rings (SSSR count). The van der Waals surface area contributed by atoms with Gasteiger partial charge in [-0.1, -0.05) is 32.6 Å². The summed E-state index contributed by atoms with van der Waals surface area (Å²) in [4.78, 5) is 32.8. The van der Waals surface area contributed by atoms with E-state index in [0.717, 1.165) is 25.7 Å². The fourth-order valence-corrected chi connectivity index (χ4v) is 5.63. The Balaban J connectivity index is 1.77. The van der Waals surface area contributed by atoms with Gasteiger partial charge in [-0.15, -0.1) is 0 Å². The first-order valence-corrected chi connectivity index (χ1v) is 13.5. The standard InChI is InChI=1S/C24H31N5O5S/c1-4-9-18-20-21(29(3)27-18)24(31)26-22(25-20)17-14-16(12-13-19(17)34-5-2)35(32,33)28-23(30)15-10-7-6-8-11-15/h12-15H,4-11H2,1-3H3,(H,28,30)(H,25,26,31). The minimum Gasteiger partial charge on any atom is -0.493 e. The van der Waals surface area contributed by atoms with Crippen molar-refractivity contribution in [2.45, 2.75) is 63.7 Å². The molecule has 2 heterocycles. The molecule has 0 unspecified atom stereocenters. The highest BCUT2D eigenvalue weighted by atomic mass is 32.2. The number of rotatable bonds is 8. The molecule has 1 fully saturated rings. The van der Waals surface area contributed by atoms with Gasteiger partial charge < -0.3 is 9.72 Å². The number of benzene rings is 1. The molecular formula is C24H31N5O5S. The lowest BCUT2D eigenvalue weighted by Gasteiger charge is -2.20. The molecule has 1 aliphatic carbocycles. The summed E-state index contributed by atoms with van der Waals surface area (Å²) in [7, 11) is -2.44. The van der Waals surface area contributed by atoms with Gasteiger partial charge in [0.15, 0.2) is 5.52 Å². The third kappa shape index (κ3) is 5.09. The number of hydrogen-bond donors (Lipinski definition) is 2. The second-order valence-electron chi connectivity index (χ2n) is 8.83. The van der Waals surface area contributed by atoms with Crippen molar-refractivity contribution in [2.75, 3.05) is 6.61 Å². The van der Waals surface area contributed by atoms with Crippen LogP contribution in [0.5, 0.6) is 5.75 Å². The van der Waals surface area contributed by atoms with Gasteiger partial charge in [0.2, 0.25) is 5.91 Å². The number of fused-ring (bicyclic) bond motifs is 1. The van der Waals surface area contributed by atoms with E-state index in [1.165, 1.54) is 22.9 Å². The Morgan fingerprint density at radius 2 is 1.97 bits per heavy atom. The number of nitrogens with one attached hydrogen (secondary N) is 2. The maximum absolute atomic E-state index is 13.1. The molecule has 11 heteroatoms. The van der Waals surface area contributed by atoms with Gasteiger partial charge in [0, 0.05) is 13.0 Å². The molecule has 1 amide bonds. The van der Waals surface area contributed by atoms with Crippen LogP contribution in [0, 0.1) is 5.92 Å². The third-order valence-corrected chi connectivity index (χ3v) is 7.62. The van der Waals surface area contributed by atoms with Crippen molar-refractivity contribution >= 4 is 27.0 Å². The van der Waals surface area contributed by atoms with Crippen LogP contribution in [0.25, 0.3) is 22.4 Å². The van der Waals surface area contributed by atoms with Crippen molar-refractivity contribution < 1.29 is 17.9 Å². The number of hydrogen-bond acceptors (Lipinski definition) is 7. The predicted octanol–water partition coefficient (Wildman–Crippen LogP) is 3.06. The molecule has 2 N–H and O–H groups in total. The van der Waals surface area contributed by atoms with Crippen LogP contribution in [0.4, 0.5) is 0 Å². The molecule has 35 heavy (non-hydrogen) atoms. The van der Waals surface area contributed by atoms with Crippen LogP contribution in [0.1, 0.15) is 58.1 Å². The van der Waals surface area contributed by atoms with Crippen molar-refractivity contribution in [3.63, 3.8) is 0 Å². The first-order chi connectivity index (χ1) is 16.7. The van der Waals surface area contributed by atoms with Crippen LogP contribution in [0.3, 0.4) is 0 Å². The zero-order valence-corrected chi connectivity index (χ0v) is 21.1. The first-order valence-electron chi connectivity index (χ1n) is 12.0. The Hall–Kier alpha value is -3.21. The topological polar surface area (TPSA) is 136 Å². The van der Waals surface area contributed by atoms with E-state index in [2.05, 4.69) is 19.8 Å². The Morgan fingerprint density at radius 3 is 2.66 bits per heavy atom. The van der Waals surface area contributed by atoms with Gasteiger partial charge in [-0.3, -0.25) is 14.3 Å². The van der Waals surface area contributed by atoms with Crippen LogP contribution in [-0.4, -0.2) is 40.7 Å². The van der Waals surface area contributed by atoms with Crippen molar-refractivity contribution in [3.05, 3.63) is 34.2 Å². The first kappa shape index (κ1) is 24.9. The number of sulfonamides is 1. The molecule has 0 spiro atoms. The minimum atomic E-state index is -4.13. The van der Waals surface area contributed by atoms with Crippen LogP contribution < -0.4 is 15.0 Å². The lowest BCUT2D eigenvalue weighted by molar-refractivity contribution is -0.124. The lowest BCUT2D eigenvalue weighted by atomic mass is 9.89. The van der Waals surface area contributed by atoms with E-state index in [-0.39, 0.29) is 22.2 Å². The number of aromatic amines is 1.